The maximum absolute atomic E-state index is 11.9. The molecule has 1 aromatic rings. The van der Waals surface area contributed by atoms with Gasteiger partial charge in [-0.05, 0) is 0 Å². The zero-order chi connectivity index (χ0) is 24.3. The number of nitrogens with one attached hydrogen (secondary N) is 2. The minimum absolute atomic E-state index is 0.0770. The van der Waals surface area contributed by atoms with Crippen LogP contribution in [0.2, 0.25) is 0 Å². The molecule has 13 nitrogen and oxygen atoms in total. The molecule has 0 aliphatic carbocycles. The molecule has 0 aromatic carbocycles. The highest BCUT2D eigenvalue weighted by atomic mass is 32.2. The second kappa shape index (κ2) is 10.2. The number of amides is 1. The van der Waals surface area contributed by atoms with E-state index >= 15 is 0 Å². The van der Waals surface area contributed by atoms with Crippen molar-refractivity contribution in [3.05, 3.63) is 0 Å². The zero-order valence-electron chi connectivity index (χ0n) is 18.7. The molecule has 2 N–H and O–H groups in total. The SMILES string of the molecule is CNc1nc(NC(C)=O)nc2c1SCN2[C@@H]1O[C@H](COC(C)=O)[C@@H](OC(C)=O)[C@H]1OC(C)=O. The van der Waals surface area contributed by atoms with Crippen LogP contribution in [0.15, 0.2) is 4.90 Å². The van der Waals surface area contributed by atoms with Gasteiger partial charge >= 0.3 is 17.9 Å². The highest BCUT2D eigenvalue weighted by Crippen LogP contribution is 2.45. The van der Waals surface area contributed by atoms with Gasteiger partial charge in [-0.1, -0.05) is 11.8 Å². The first kappa shape index (κ1) is 24.5. The molecular weight excluding hydrogens is 458 g/mol. The van der Waals surface area contributed by atoms with Crippen LogP contribution in [0.3, 0.4) is 0 Å². The van der Waals surface area contributed by atoms with E-state index in [0.717, 1.165) is 0 Å². The summed E-state index contributed by atoms with van der Waals surface area (Å²) in [6.45, 7) is 4.81. The van der Waals surface area contributed by atoms with Gasteiger partial charge in [-0.15, -0.1) is 0 Å². The zero-order valence-corrected chi connectivity index (χ0v) is 19.6. The molecule has 14 heteroatoms. The second-order valence-corrected chi connectivity index (χ2v) is 8.19. The van der Waals surface area contributed by atoms with Crippen molar-refractivity contribution in [3.8, 4) is 0 Å². The maximum atomic E-state index is 11.9. The number of anilines is 3. The number of ether oxygens (including phenoxy) is 4. The minimum atomic E-state index is -1.03. The molecule has 33 heavy (non-hydrogen) atoms. The third-order valence-electron chi connectivity index (χ3n) is 4.64. The third kappa shape index (κ3) is 5.63. The Morgan fingerprint density at radius 3 is 2.30 bits per heavy atom. The van der Waals surface area contributed by atoms with E-state index in [2.05, 4.69) is 20.6 Å². The Hall–Kier alpha value is -3.13. The summed E-state index contributed by atoms with van der Waals surface area (Å²) in [5.74, 6) is -0.764. The Morgan fingerprint density at radius 1 is 1.06 bits per heavy atom. The van der Waals surface area contributed by atoms with Crippen molar-refractivity contribution < 1.29 is 38.1 Å². The van der Waals surface area contributed by atoms with E-state index in [-0.39, 0.29) is 18.5 Å². The lowest BCUT2D eigenvalue weighted by Gasteiger charge is -2.29. The van der Waals surface area contributed by atoms with Gasteiger partial charge in [0.05, 0.1) is 10.8 Å². The van der Waals surface area contributed by atoms with Gasteiger partial charge < -0.3 is 29.2 Å². The van der Waals surface area contributed by atoms with Crippen LogP contribution < -0.4 is 15.5 Å². The predicted octanol–water partition coefficient (Wildman–Crippen LogP) is 0.498. The van der Waals surface area contributed by atoms with Crippen LogP contribution in [0.5, 0.6) is 0 Å². The molecular formula is C19H25N5O8S. The van der Waals surface area contributed by atoms with E-state index in [1.165, 1.54) is 39.5 Å². The molecule has 2 aliphatic heterocycles. The molecule has 0 bridgehead atoms. The van der Waals surface area contributed by atoms with Crippen molar-refractivity contribution in [1.29, 1.82) is 0 Å². The van der Waals surface area contributed by atoms with Crippen LogP contribution in [0.4, 0.5) is 17.6 Å². The quantitative estimate of drug-likeness (QED) is 0.408. The Kier molecular flexibility index (Phi) is 7.58. The van der Waals surface area contributed by atoms with E-state index in [1.54, 1.807) is 11.9 Å². The van der Waals surface area contributed by atoms with Gasteiger partial charge in [-0.25, -0.2) is 0 Å². The summed E-state index contributed by atoms with van der Waals surface area (Å²) in [6.07, 6.45) is -3.86. The number of fused-ring (bicyclic) bond motifs is 1. The molecule has 1 amide bonds. The third-order valence-corrected chi connectivity index (χ3v) is 5.71. The first-order valence-corrected chi connectivity index (χ1v) is 11.0. The van der Waals surface area contributed by atoms with Crippen molar-refractivity contribution >= 4 is 53.2 Å². The fourth-order valence-corrected chi connectivity index (χ4v) is 4.60. The number of rotatable bonds is 7. The van der Waals surface area contributed by atoms with Crippen LogP contribution in [-0.2, 0) is 38.1 Å². The molecule has 0 radical (unpaired) electrons. The molecule has 3 heterocycles. The molecule has 4 atom stereocenters. The summed E-state index contributed by atoms with van der Waals surface area (Å²) >= 11 is 1.41. The van der Waals surface area contributed by atoms with E-state index in [9.17, 15) is 19.2 Å². The number of hydrogen-bond donors (Lipinski definition) is 2. The van der Waals surface area contributed by atoms with E-state index in [0.29, 0.717) is 22.4 Å². The van der Waals surface area contributed by atoms with Gasteiger partial charge in [-0.3, -0.25) is 24.5 Å². The lowest BCUT2D eigenvalue weighted by atomic mass is 10.1. The average Bonchev–Trinajstić information content (AvgIpc) is 3.26. The number of esters is 3. The number of carbonyl (C=O) groups excluding carboxylic acids is 4. The summed E-state index contributed by atoms with van der Waals surface area (Å²) < 4.78 is 22.0. The topological polar surface area (TPSA) is 158 Å². The van der Waals surface area contributed by atoms with Gasteiger partial charge in [0.25, 0.3) is 0 Å². The molecule has 0 unspecified atom stereocenters. The Balaban J connectivity index is 1.99. The van der Waals surface area contributed by atoms with Crippen molar-refractivity contribution in [2.24, 2.45) is 0 Å². The van der Waals surface area contributed by atoms with Crippen LogP contribution in [-0.4, -0.2) is 77.9 Å². The van der Waals surface area contributed by atoms with Crippen molar-refractivity contribution in [2.45, 2.75) is 57.1 Å². The molecule has 3 rings (SSSR count). The van der Waals surface area contributed by atoms with Crippen LogP contribution >= 0.6 is 11.8 Å². The number of hydrogen-bond acceptors (Lipinski definition) is 13. The van der Waals surface area contributed by atoms with Crippen LogP contribution in [0.1, 0.15) is 27.7 Å². The molecule has 1 aromatic heterocycles. The number of aromatic nitrogens is 2. The standard InChI is InChI=1S/C19H25N5O8S/c1-8(25)21-19-22-16(20-5)15-17(23-19)24(7-33-15)18-14(31-11(4)28)13(30-10(3)27)12(32-18)6-29-9(2)26/h12-14,18H,6-7H2,1-5H3,(H2,20,21,22,23,25)/t12-,13-,14-,18-/m1/s1. The summed E-state index contributed by atoms with van der Waals surface area (Å²) in [7, 11) is 1.68. The van der Waals surface area contributed by atoms with Crippen LogP contribution in [0.25, 0.3) is 0 Å². The fraction of sp³-hybridized carbons (Fsp3) is 0.579. The highest BCUT2D eigenvalue weighted by molar-refractivity contribution is 8.00. The van der Waals surface area contributed by atoms with E-state index < -0.39 is 42.4 Å². The fourth-order valence-electron chi connectivity index (χ4n) is 3.48. The van der Waals surface area contributed by atoms with Crippen molar-refractivity contribution in [2.75, 3.05) is 35.1 Å². The molecule has 0 spiro atoms. The van der Waals surface area contributed by atoms with Crippen molar-refractivity contribution in [3.63, 3.8) is 0 Å². The van der Waals surface area contributed by atoms with Gasteiger partial charge in [0.1, 0.15) is 18.5 Å². The van der Waals surface area contributed by atoms with Gasteiger partial charge in [0.2, 0.25) is 11.9 Å². The smallest absolute Gasteiger partial charge is 0.303 e. The Bertz CT molecular complexity index is 960. The monoisotopic (exact) mass is 483 g/mol. The summed E-state index contributed by atoms with van der Waals surface area (Å²) in [4.78, 5) is 57.7. The van der Waals surface area contributed by atoms with Crippen LogP contribution in [0, 0.1) is 0 Å². The predicted molar refractivity (Wildman–Crippen MR) is 115 cm³/mol. The molecule has 180 valence electrons. The molecule has 2 aliphatic rings. The highest BCUT2D eigenvalue weighted by Gasteiger charge is 2.53. The molecule has 1 fully saturated rings. The molecule has 1 saturated heterocycles. The number of carbonyl (C=O) groups is 4. The largest absolute Gasteiger partial charge is 0.463 e. The Morgan fingerprint density at radius 2 is 1.73 bits per heavy atom. The van der Waals surface area contributed by atoms with Gasteiger partial charge in [-0.2, -0.15) is 9.97 Å². The van der Waals surface area contributed by atoms with Crippen molar-refractivity contribution in [1.82, 2.24) is 9.97 Å². The minimum Gasteiger partial charge on any atom is -0.463 e. The number of nitrogens with zero attached hydrogens (tertiary/aromatic N) is 3. The van der Waals surface area contributed by atoms with Gasteiger partial charge in [0, 0.05) is 34.7 Å². The average molecular weight is 484 g/mol. The maximum Gasteiger partial charge on any atom is 0.303 e. The summed E-state index contributed by atoms with van der Waals surface area (Å²) in [5.41, 5.74) is 0. The van der Waals surface area contributed by atoms with E-state index in [4.69, 9.17) is 18.9 Å². The lowest BCUT2D eigenvalue weighted by molar-refractivity contribution is -0.165. The first-order valence-electron chi connectivity index (χ1n) is 10.0. The lowest BCUT2D eigenvalue weighted by Crippen LogP contribution is -2.47. The van der Waals surface area contributed by atoms with Gasteiger partial charge in [0.15, 0.2) is 24.3 Å². The molecule has 0 saturated carbocycles. The Labute approximate surface area is 193 Å². The first-order chi connectivity index (χ1) is 15.6. The second-order valence-electron chi connectivity index (χ2n) is 7.24. The normalized spacial score (nSPS) is 23.5. The van der Waals surface area contributed by atoms with E-state index in [1.807, 2.05) is 0 Å². The summed E-state index contributed by atoms with van der Waals surface area (Å²) in [5, 5.41) is 5.52. The summed E-state index contributed by atoms with van der Waals surface area (Å²) in [6, 6.07) is 0. The number of thioether (sulfide) groups is 1.